The van der Waals surface area contributed by atoms with Crippen molar-refractivity contribution >= 4 is 40.0 Å². The lowest BCUT2D eigenvalue weighted by Crippen LogP contribution is -2.24. The van der Waals surface area contributed by atoms with Crippen molar-refractivity contribution in [2.45, 2.75) is 26.3 Å². The normalized spacial score (nSPS) is 17.8. The number of aryl methyl sites for hydroxylation is 1. The first-order valence-corrected chi connectivity index (χ1v) is 10.9. The van der Waals surface area contributed by atoms with Gasteiger partial charge in [-0.25, -0.2) is 9.59 Å². The zero-order valence-corrected chi connectivity index (χ0v) is 18.4. The number of nitrogens with zero attached hydrogens (tertiary/aromatic N) is 1. The van der Waals surface area contributed by atoms with Gasteiger partial charge >= 0.3 is 17.9 Å². The van der Waals surface area contributed by atoms with E-state index in [9.17, 15) is 14.4 Å². The summed E-state index contributed by atoms with van der Waals surface area (Å²) < 4.78 is 17.8. The number of cyclic esters (lactones) is 2. The molecule has 7 nitrogen and oxygen atoms in total. The average Bonchev–Trinajstić information content (AvgIpc) is 3.29. The molecule has 0 N–H and O–H groups in total. The molecule has 3 heterocycles. The molecule has 1 atom stereocenters. The second-order valence-electron chi connectivity index (χ2n) is 8.31. The maximum absolute atomic E-state index is 13.0. The second kappa shape index (κ2) is 8.24. The molecule has 0 spiro atoms. The standard InChI is InChI=1S/C26H23NO6/c1-15(28)32-14-16-11-12-27-20-6-4-3-5-19(20)23(21(27)13-16)24-22(25(29)33-26(24)30)17-7-9-18(31-2)10-8-17/h3-10,16H,11-14H2,1-2H3. The minimum absolute atomic E-state index is 0.127. The molecule has 2 aromatic carbocycles. The van der Waals surface area contributed by atoms with Crippen LogP contribution in [0.2, 0.25) is 0 Å². The van der Waals surface area contributed by atoms with Crippen molar-refractivity contribution in [1.29, 1.82) is 0 Å². The third-order valence-electron chi connectivity index (χ3n) is 6.32. The fourth-order valence-electron chi connectivity index (χ4n) is 4.80. The van der Waals surface area contributed by atoms with E-state index in [2.05, 4.69) is 4.57 Å². The van der Waals surface area contributed by atoms with Crippen LogP contribution in [0.4, 0.5) is 0 Å². The molecule has 1 aromatic heterocycles. The summed E-state index contributed by atoms with van der Waals surface area (Å²) in [6, 6.07) is 14.9. The van der Waals surface area contributed by atoms with Crippen molar-refractivity contribution < 1.29 is 28.6 Å². The van der Waals surface area contributed by atoms with E-state index in [1.807, 2.05) is 24.3 Å². The van der Waals surface area contributed by atoms with Crippen molar-refractivity contribution in [2.24, 2.45) is 5.92 Å². The van der Waals surface area contributed by atoms with Crippen LogP contribution in [0.25, 0.3) is 22.0 Å². The van der Waals surface area contributed by atoms with Crippen LogP contribution in [0, 0.1) is 5.92 Å². The molecule has 2 aliphatic heterocycles. The Bertz CT molecular complexity index is 1310. The van der Waals surface area contributed by atoms with Crippen molar-refractivity contribution in [3.63, 3.8) is 0 Å². The van der Waals surface area contributed by atoms with E-state index < -0.39 is 11.9 Å². The fraction of sp³-hybridized carbons (Fsp3) is 0.269. The lowest BCUT2D eigenvalue weighted by Gasteiger charge is -2.25. The highest BCUT2D eigenvalue weighted by atomic mass is 16.6. The number of esters is 3. The average molecular weight is 445 g/mol. The number of carbonyl (C=O) groups is 3. The van der Waals surface area contributed by atoms with Crippen LogP contribution in [-0.2, 0) is 36.8 Å². The number of benzene rings is 2. The molecule has 3 aromatic rings. The van der Waals surface area contributed by atoms with E-state index in [1.165, 1.54) is 6.92 Å². The number of fused-ring (bicyclic) bond motifs is 3. The summed E-state index contributed by atoms with van der Waals surface area (Å²) in [6.07, 6.45) is 1.48. The van der Waals surface area contributed by atoms with Gasteiger partial charge in [0.05, 0.1) is 24.9 Å². The molecule has 1 unspecified atom stereocenters. The predicted molar refractivity (Wildman–Crippen MR) is 121 cm³/mol. The number of carbonyl (C=O) groups excluding carboxylic acids is 3. The summed E-state index contributed by atoms with van der Waals surface area (Å²) >= 11 is 0. The summed E-state index contributed by atoms with van der Waals surface area (Å²) in [4.78, 5) is 37.1. The zero-order chi connectivity index (χ0) is 23.1. The van der Waals surface area contributed by atoms with Gasteiger partial charge in [-0.2, -0.15) is 0 Å². The Morgan fingerprint density at radius 2 is 1.79 bits per heavy atom. The van der Waals surface area contributed by atoms with Crippen molar-refractivity contribution in [3.8, 4) is 5.75 Å². The van der Waals surface area contributed by atoms with E-state index in [0.717, 1.165) is 35.1 Å². The molecule has 33 heavy (non-hydrogen) atoms. The minimum atomic E-state index is -0.656. The number of rotatable bonds is 5. The van der Waals surface area contributed by atoms with Crippen LogP contribution < -0.4 is 4.74 Å². The highest BCUT2D eigenvalue weighted by molar-refractivity contribution is 6.46. The molecule has 0 radical (unpaired) electrons. The smallest absolute Gasteiger partial charge is 0.347 e. The van der Waals surface area contributed by atoms with Gasteiger partial charge < -0.3 is 18.8 Å². The van der Waals surface area contributed by atoms with Crippen LogP contribution in [0.3, 0.4) is 0 Å². The SMILES string of the molecule is COc1ccc(C2=C(c3c4n(c5ccccc35)CCC(COC(C)=O)C4)C(=O)OC2=O)cc1. The molecular formula is C26H23NO6. The molecule has 2 aliphatic rings. The number of methoxy groups -OCH3 is 1. The molecular weight excluding hydrogens is 422 g/mol. The summed E-state index contributed by atoms with van der Waals surface area (Å²) in [6.45, 7) is 2.46. The number of para-hydroxylation sites is 1. The Morgan fingerprint density at radius 3 is 2.52 bits per heavy atom. The first kappa shape index (κ1) is 21.0. The summed E-state index contributed by atoms with van der Waals surface area (Å²) in [5, 5.41) is 0.897. The summed E-state index contributed by atoms with van der Waals surface area (Å²) in [5.41, 5.74) is 3.80. The van der Waals surface area contributed by atoms with E-state index in [0.29, 0.717) is 24.3 Å². The molecule has 0 amide bonds. The van der Waals surface area contributed by atoms with Crippen LogP contribution in [0.15, 0.2) is 48.5 Å². The maximum Gasteiger partial charge on any atom is 0.347 e. The van der Waals surface area contributed by atoms with Gasteiger partial charge in [-0.3, -0.25) is 4.79 Å². The first-order valence-electron chi connectivity index (χ1n) is 10.9. The molecule has 0 aliphatic carbocycles. The van der Waals surface area contributed by atoms with Gasteiger partial charge in [0.2, 0.25) is 0 Å². The van der Waals surface area contributed by atoms with Crippen molar-refractivity contribution in [2.75, 3.05) is 13.7 Å². The zero-order valence-electron chi connectivity index (χ0n) is 18.4. The number of hydrogen-bond acceptors (Lipinski definition) is 6. The maximum atomic E-state index is 13.0. The van der Waals surface area contributed by atoms with Gasteiger partial charge in [0.25, 0.3) is 0 Å². The molecule has 0 saturated carbocycles. The quantitative estimate of drug-likeness (QED) is 0.439. The number of ether oxygens (including phenoxy) is 3. The molecule has 5 rings (SSSR count). The second-order valence-corrected chi connectivity index (χ2v) is 8.31. The van der Waals surface area contributed by atoms with Crippen LogP contribution >= 0.6 is 0 Å². The summed E-state index contributed by atoms with van der Waals surface area (Å²) in [5.74, 6) is -0.833. The Kier molecular flexibility index (Phi) is 5.24. The monoisotopic (exact) mass is 445 g/mol. The topological polar surface area (TPSA) is 83.8 Å². The van der Waals surface area contributed by atoms with Gasteiger partial charge in [-0.15, -0.1) is 0 Å². The number of hydrogen-bond donors (Lipinski definition) is 0. The molecule has 7 heteroatoms. The minimum Gasteiger partial charge on any atom is -0.497 e. The Morgan fingerprint density at radius 1 is 1.06 bits per heavy atom. The van der Waals surface area contributed by atoms with E-state index in [-0.39, 0.29) is 23.0 Å². The molecule has 0 fully saturated rings. The molecule has 0 bridgehead atoms. The van der Waals surface area contributed by atoms with E-state index in [4.69, 9.17) is 14.2 Å². The van der Waals surface area contributed by atoms with Gasteiger partial charge in [0.1, 0.15) is 5.75 Å². The van der Waals surface area contributed by atoms with Crippen LogP contribution in [0.5, 0.6) is 5.75 Å². The van der Waals surface area contributed by atoms with Crippen LogP contribution in [0.1, 0.15) is 30.2 Å². The van der Waals surface area contributed by atoms with Crippen molar-refractivity contribution in [1.82, 2.24) is 4.57 Å². The Labute approximate surface area is 190 Å². The predicted octanol–water partition coefficient (Wildman–Crippen LogP) is 3.77. The highest BCUT2D eigenvalue weighted by Crippen LogP contribution is 2.42. The Balaban J connectivity index is 1.70. The highest BCUT2D eigenvalue weighted by Gasteiger charge is 2.39. The largest absolute Gasteiger partial charge is 0.497 e. The van der Waals surface area contributed by atoms with E-state index >= 15 is 0 Å². The Hall–Kier alpha value is -3.87. The van der Waals surface area contributed by atoms with Gasteiger partial charge in [-0.1, -0.05) is 30.3 Å². The lowest BCUT2D eigenvalue weighted by atomic mass is 9.89. The molecule has 168 valence electrons. The van der Waals surface area contributed by atoms with Crippen LogP contribution in [-0.4, -0.2) is 36.2 Å². The van der Waals surface area contributed by atoms with Gasteiger partial charge in [0.15, 0.2) is 0 Å². The van der Waals surface area contributed by atoms with Crippen molar-refractivity contribution in [3.05, 3.63) is 65.4 Å². The third-order valence-corrected chi connectivity index (χ3v) is 6.32. The van der Waals surface area contributed by atoms with E-state index in [1.54, 1.807) is 31.4 Å². The first-order chi connectivity index (χ1) is 16.0. The lowest BCUT2D eigenvalue weighted by molar-refractivity contribution is -0.149. The third kappa shape index (κ3) is 3.59. The molecule has 0 saturated heterocycles. The fourth-order valence-corrected chi connectivity index (χ4v) is 4.80. The number of aromatic nitrogens is 1. The van der Waals surface area contributed by atoms with Gasteiger partial charge in [0, 0.05) is 41.5 Å². The van der Waals surface area contributed by atoms with Gasteiger partial charge in [-0.05, 0) is 36.6 Å². The summed E-state index contributed by atoms with van der Waals surface area (Å²) in [7, 11) is 1.57.